The molecule has 0 saturated heterocycles. The third-order valence-electron chi connectivity index (χ3n) is 8.09. The molecule has 1 unspecified atom stereocenters. The molecule has 3 heterocycles. The van der Waals surface area contributed by atoms with Gasteiger partial charge in [-0.25, -0.2) is 4.99 Å². The van der Waals surface area contributed by atoms with Crippen LogP contribution in [0.5, 0.6) is 0 Å². The van der Waals surface area contributed by atoms with Gasteiger partial charge in [-0.15, -0.1) is 0 Å². The number of carbonyl (C=O) groups is 4. The topological polar surface area (TPSA) is 124 Å². The van der Waals surface area contributed by atoms with E-state index >= 15 is 0 Å². The quantitative estimate of drug-likeness (QED) is 0.189. The predicted molar refractivity (Wildman–Crippen MR) is 173 cm³/mol. The van der Waals surface area contributed by atoms with Crippen molar-refractivity contribution in [3.63, 3.8) is 0 Å². The number of fused-ring (bicyclic) bond motifs is 3. The fourth-order valence-corrected chi connectivity index (χ4v) is 5.83. The average molecular weight is 612 g/mol. The number of ether oxygens (including phenoxy) is 1. The zero-order valence-corrected chi connectivity index (χ0v) is 24.7. The summed E-state index contributed by atoms with van der Waals surface area (Å²) in [7, 11) is 0. The predicted octanol–water partition coefficient (Wildman–Crippen LogP) is 4.42. The molecule has 0 aliphatic carbocycles. The Balaban J connectivity index is 1.11. The third-order valence-corrected chi connectivity index (χ3v) is 8.09. The van der Waals surface area contributed by atoms with Gasteiger partial charge in [-0.1, -0.05) is 78.9 Å². The van der Waals surface area contributed by atoms with E-state index in [9.17, 15) is 19.2 Å². The van der Waals surface area contributed by atoms with Crippen molar-refractivity contribution in [3.8, 4) is 0 Å². The molecule has 0 saturated carbocycles. The molecule has 7 rings (SSSR count). The molecule has 228 valence electrons. The van der Waals surface area contributed by atoms with Gasteiger partial charge in [0.1, 0.15) is 5.69 Å². The molecule has 2 N–H and O–H groups in total. The highest BCUT2D eigenvalue weighted by molar-refractivity contribution is 6.22. The SMILES string of the molecule is O=C(NC1N=C(c2ccccc2)c2ccccc2N(CCOCCN2C(=O)c3ccccc3C2=O)C1=O)c1cc2ccccc2[nH]1. The maximum atomic E-state index is 14.1. The molecule has 4 amide bonds. The van der Waals surface area contributed by atoms with Crippen LogP contribution >= 0.6 is 0 Å². The second kappa shape index (κ2) is 12.3. The van der Waals surface area contributed by atoms with Gasteiger partial charge in [-0.2, -0.15) is 0 Å². The summed E-state index contributed by atoms with van der Waals surface area (Å²) in [6.07, 6.45) is -1.22. The number of rotatable bonds is 9. The van der Waals surface area contributed by atoms with E-state index in [4.69, 9.17) is 9.73 Å². The van der Waals surface area contributed by atoms with Crippen LogP contribution in [0.15, 0.2) is 114 Å². The molecule has 0 bridgehead atoms. The van der Waals surface area contributed by atoms with Gasteiger partial charge >= 0.3 is 0 Å². The first-order valence-corrected chi connectivity index (χ1v) is 14.9. The van der Waals surface area contributed by atoms with E-state index < -0.39 is 18.0 Å². The third kappa shape index (κ3) is 5.35. The average Bonchev–Trinajstić information content (AvgIpc) is 3.60. The molecule has 10 nitrogen and oxygen atoms in total. The van der Waals surface area contributed by atoms with Crippen molar-refractivity contribution in [1.29, 1.82) is 0 Å². The second-order valence-electron chi connectivity index (χ2n) is 10.9. The number of benzodiazepines with no additional fused rings is 1. The summed E-state index contributed by atoms with van der Waals surface area (Å²) in [4.78, 5) is 63.7. The number of nitrogens with zero attached hydrogens (tertiary/aromatic N) is 3. The summed E-state index contributed by atoms with van der Waals surface area (Å²) >= 11 is 0. The van der Waals surface area contributed by atoms with Crippen LogP contribution in [0.1, 0.15) is 42.3 Å². The Morgan fingerprint density at radius 2 is 1.35 bits per heavy atom. The van der Waals surface area contributed by atoms with E-state index in [0.29, 0.717) is 28.2 Å². The lowest BCUT2D eigenvalue weighted by molar-refractivity contribution is -0.120. The van der Waals surface area contributed by atoms with E-state index in [1.807, 2.05) is 78.9 Å². The highest BCUT2D eigenvalue weighted by Crippen LogP contribution is 2.28. The minimum atomic E-state index is -1.22. The molecular formula is C36H29N5O5. The molecule has 1 atom stereocenters. The first-order chi connectivity index (χ1) is 22.5. The molecule has 10 heteroatoms. The first kappa shape index (κ1) is 28.9. The smallest absolute Gasteiger partial charge is 0.272 e. The Morgan fingerprint density at radius 1 is 0.739 bits per heavy atom. The summed E-state index contributed by atoms with van der Waals surface area (Å²) in [6.45, 7) is 0.448. The van der Waals surface area contributed by atoms with Crippen LogP contribution in [-0.4, -0.2) is 71.7 Å². The second-order valence-corrected chi connectivity index (χ2v) is 10.9. The highest BCUT2D eigenvalue weighted by Gasteiger charge is 2.35. The fourth-order valence-electron chi connectivity index (χ4n) is 5.83. The van der Waals surface area contributed by atoms with Gasteiger partial charge in [0.25, 0.3) is 23.6 Å². The van der Waals surface area contributed by atoms with E-state index in [1.54, 1.807) is 35.2 Å². The number of nitrogens with one attached hydrogen (secondary N) is 2. The Hall–Kier alpha value is -5.87. The number of imide groups is 1. The van der Waals surface area contributed by atoms with Crippen LogP contribution in [0, 0.1) is 0 Å². The lowest BCUT2D eigenvalue weighted by Crippen LogP contribution is -2.48. The Labute approximate surface area is 264 Å². The van der Waals surface area contributed by atoms with Crippen LogP contribution in [0.25, 0.3) is 10.9 Å². The van der Waals surface area contributed by atoms with Gasteiger partial charge in [0.05, 0.1) is 42.3 Å². The van der Waals surface area contributed by atoms with E-state index in [-0.39, 0.29) is 38.1 Å². The zero-order valence-electron chi connectivity index (χ0n) is 24.7. The van der Waals surface area contributed by atoms with Crippen molar-refractivity contribution in [2.45, 2.75) is 6.17 Å². The Morgan fingerprint density at radius 3 is 2.07 bits per heavy atom. The maximum absolute atomic E-state index is 14.1. The number of anilines is 1. The van der Waals surface area contributed by atoms with Crippen molar-refractivity contribution in [2.24, 2.45) is 4.99 Å². The van der Waals surface area contributed by atoms with Gasteiger partial charge in [0.15, 0.2) is 0 Å². The molecule has 5 aromatic rings. The number of aromatic amines is 1. The summed E-state index contributed by atoms with van der Waals surface area (Å²) < 4.78 is 5.86. The minimum Gasteiger partial charge on any atom is -0.378 e. The van der Waals surface area contributed by atoms with Crippen LogP contribution in [0.4, 0.5) is 5.69 Å². The number of aromatic nitrogens is 1. The lowest BCUT2D eigenvalue weighted by atomic mass is 10.0. The van der Waals surface area contributed by atoms with Crippen molar-refractivity contribution in [3.05, 3.63) is 137 Å². The Bertz CT molecular complexity index is 1950. The number of carbonyl (C=O) groups excluding carboxylic acids is 4. The van der Waals surface area contributed by atoms with Gasteiger partial charge in [-0.3, -0.25) is 24.1 Å². The van der Waals surface area contributed by atoms with Crippen LogP contribution in [-0.2, 0) is 9.53 Å². The molecule has 2 aliphatic heterocycles. The Kier molecular flexibility index (Phi) is 7.69. The number of H-pyrrole nitrogens is 1. The van der Waals surface area contributed by atoms with E-state index in [2.05, 4.69) is 10.3 Å². The summed E-state index contributed by atoms with van der Waals surface area (Å²) in [5.74, 6) is -1.58. The van der Waals surface area contributed by atoms with Gasteiger partial charge < -0.3 is 19.9 Å². The molecule has 0 spiro atoms. The number of benzene rings is 4. The molecule has 1 aromatic heterocycles. The number of para-hydroxylation sites is 2. The summed E-state index contributed by atoms with van der Waals surface area (Å²) in [5.41, 5.74) is 4.61. The number of hydrogen-bond donors (Lipinski definition) is 2. The maximum Gasteiger partial charge on any atom is 0.272 e. The first-order valence-electron chi connectivity index (χ1n) is 14.9. The van der Waals surface area contributed by atoms with Gasteiger partial charge in [0, 0.05) is 28.6 Å². The van der Waals surface area contributed by atoms with Crippen LogP contribution in [0.3, 0.4) is 0 Å². The van der Waals surface area contributed by atoms with E-state index in [1.165, 1.54) is 4.90 Å². The van der Waals surface area contributed by atoms with Crippen molar-refractivity contribution in [1.82, 2.24) is 15.2 Å². The largest absolute Gasteiger partial charge is 0.378 e. The summed E-state index contributed by atoms with van der Waals surface area (Å²) in [6, 6.07) is 33.0. The van der Waals surface area contributed by atoms with Crippen molar-refractivity contribution >= 4 is 45.9 Å². The molecule has 0 radical (unpaired) electrons. The molecule has 0 fully saturated rings. The van der Waals surface area contributed by atoms with Gasteiger partial charge in [-0.05, 0) is 30.3 Å². The van der Waals surface area contributed by atoms with Gasteiger partial charge in [0.2, 0.25) is 6.17 Å². The lowest BCUT2D eigenvalue weighted by Gasteiger charge is -2.25. The molecular weight excluding hydrogens is 582 g/mol. The van der Waals surface area contributed by atoms with Crippen molar-refractivity contribution < 1.29 is 23.9 Å². The molecule has 46 heavy (non-hydrogen) atoms. The summed E-state index contributed by atoms with van der Waals surface area (Å²) in [5, 5.41) is 3.71. The van der Waals surface area contributed by atoms with Crippen LogP contribution < -0.4 is 10.2 Å². The highest BCUT2D eigenvalue weighted by atomic mass is 16.5. The monoisotopic (exact) mass is 611 g/mol. The number of aliphatic imine (C=N–C) groups is 1. The number of hydrogen-bond acceptors (Lipinski definition) is 6. The van der Waals surface area contributed by atoms with E-state index in [0.717, 1.165) is 22.0 Å². The normalized spacial score (nSPS) is 15.9. The molecule has 4 aromatic carbocycles. The molecule has 2 aliphatic rings. The van der Waals surface area contributed by atoms with Crippen molar-refractivity contribution in [2.75, 3.05) is 31.2 Å². The number of amides is 4. The fraction of sp³-hybridized carbons (Fsp3) is 0.139. The minimum absolute atomic E-state index is 0.0847. The standard InChI is InChI=1S/C36H29N5O5/c42-33(29-22-24-12-4-8-16-28(24)37-29)39-32-36(45)40(30-17-9-7-15-27(30)31(38-32)23-10-2-1-3-11-23)18-20-46-21-19-41-34(43)25-13-5-6-14-26(25)35(41)44/h1-17,22,32,37H,18-21H2,(H,39,42). The zero-order chi connectivity index (χ0) is 31.6. The van der Waals surface area contributed by atoms with Crippen LogP contribution in [0.2, 0.25) is 0 Å².